The summed E-state index contributed by atoms with van der Waals surface area (Å²) in [5.41, 5.74) is 0.858. The molecule has 3 amide bonds. The molecule has 1 N–H and O–H groups in total. The van der Waals surface area contributed by atoms with Crippen LogP contribution in [0.5, 0.6) is 0 Å². The summed E-state index contributed by atoms with van der Waals surface area (Å²) in [6.45, 7) is 8.15. The van der Waals surface area contributed by atoms with Crippen LogP contribution < -0.4 is 5.32 Å². The maximum atomic E-state index is 12.9. The number of carbonyl (C=O) groups excluding carboxylic acids is 3. The SMILES string of the molecule is C[C@@H]1CCCC[C@]12NC(=O)N(CC(=O)c1ccc(C(C)(C)C)cc1)C2=O. The van der Waals surface area contributed by atoms with Gasteiger partial charge in [0.05, 0.1) is 6.54 Å². The van der Waals surface area contributed by atoms with Gasteiger partial charge in [-0.1, -0.05) is 64.8 Å². The van der Waals surface area contributed by atoms with Crippen LogP contribution in [0, 0.1) is 5.92 Å². The summed E-state index contributed by atoms with van der Waals surface area (Å²) in [5.74, 6) is -0.359. The first-order valence-corrected chi connectivity index (χ1v) is 9.43. The molecule has 2 aliphatic rings. The summed E-state index contributed by atoms with van der Waals surface area (Å²) >= 11 is 0. The summed E-state index contributed by atoms with van der Waals surface area (Å²) < 4.78 is 0. The topological polar surface area (TPSA) is 66.5 Å². The Hall–Kier alpha value is -2.17. The smallest absolute Gasteiger partial charge is 0.323 e. The number of hydrogen-bond donors (Lipinski definition) is 1. The number of nitrogens with one attached hydrogen (secondary N) is 1. The third-order valence-corrected chi connectivity index (χ3v) is 5.88. The van der Waals surface area contributed by atoms with Crippen molar-refractivity contribution in [3.8, 4) is 0 Å². The van der Waals surface area contributed by atoms with Gasteiger partial charge in [-0.05, 0) is 29.7 Å². The molecule has 2 fully saturated rings. The number of Topliss-reactive ketones (excluding diaryl/α,β-unsaturated/α-hetero) is 1. The van der Waals surface area contributed by atoms with Gasteiger partial charge in [-0.15, -0.1) is 0 Å². The number of carbonyl (C=O) groups is 3. The van der Waals surface area contributed by atoms with E-state index >= 15 is 0 Å². The predicted molar refractivity (Wildman–Crippen MR) is 100 cm³/mol. The van der Waals surface area contributed by atoms with Crippen molar-refractivity contribution in [2.75, 3.05) is 6.54 Å². The molecule has 2 atom stereocenters. The van der Waals surface area contributed by atoms with Crippen molar-refractivity contribution in [1.82, 2.24) is 10.2 Å². The summed E-state index contributed by atoms with van der Waals surface area (Å²) in [6.07, 6.45) is 3.57. The molecule has 1 aromatic carbocycles. The number of imide groups is 1. The largest absolute Gasteiger partial charge is 0.325 e. The normalized spacial score (nSPS) is 26.3. The van der Waals surface area contributed by atoms with Gasteiger partial charge in [0.2, 0.25) is 0 Å². The summed E-state index contributed by atoms with van der Waals surface area (Å²) in [5, 5.41) is 2.89. The number of hydrogen-bond acceptors (Lipinski definition) is 3. The predicted octanol–water partition coefficient (Wildman–Crippen LogP) is 3.67. The molecule has 1 aliphatic carbocycles. The fraction of sp³-hybridized carbons (Fsp3) is 0.571. The zero-order valence-electron chi connectivity index (χ0n) is 16.1. The van der Waals surface area contributed by atoms with Crippen molar-refractivity contribution in [2.24, 2.45) is 5.92 Å². The second-order valence-electron chi connectivity index (χ2n) is 8.69. The van der Waals surface area contributed by atoms with Crippen molar-refractivity contribution in [3.63, 3.8) is 0 Å². The van der Waals surface area contributed by atoms with Gasteiger partial charge in [0.1, 0.15) is 5.54 Å². The highest BCUT2D eigenvalue weighted by Gasteiger charge is 2.55. The third kappa shape index (κ3) is 3.15. The molecule has 140 valence electrons. The van der Waals surface area contributed by atoms with Gasteiger partial charge in [0.15, 0.2) is 5.78 Å². The third-order valence-electron chi connectivity index (χ3n) is 5.88. The number of amides is 3. The fourth-order valence-electron chi connectivity index (χ4n) is 4.03. The second kappa shape index (κ2) is 6.53. The number of nitrogens with zero attached hydrogens (tertiary/aromatic N) is 1. The average Bonchev–Trinajstić information content (AvgIpc) is 2.82. The Bertz CT molecular complexity index is 733. The van der Waals surface area contributed by atoms with Crippen LogP contribution >= 0.6 is 0 Å². The van der Waals surface area contributed by atoms with E-state index in [1.165, 1.54) is 0 Å². The summed E-state index contributed by atoms with van der Waals surface area (Å²) in [6, 6.07) is 6.98. The van der Waals surface area contributed by atoms with Crippen LogP contribution in [0.25, 0.3) is 0 Å². The number of ketones is 1. The van der Waals surface area contributed by atoms with Crippen LogP contribution in [0.4, 0.5) is 4.79 Å². The Morgan fingerprint density at radius 1 is 1.19 bits per heavy atom. The van der Waals surface area contributed by atoms with Gasteiger partial charge >= 0.3 is 6.03 Å². The Labute approximate surface area is 155 Å². The zero-order valence-corrected chi connectivity index (χ0v) is 16.1. The lowest BCUT2D eigenvalue weighted by atomic mass is 9.73. The van der Waals surface area contributed by atoms with Crippen molar-refractivity contribution in [2.45, 2.75) is 64.3 Å². The molecular weight excluding hydrogens is 328 g/mol. The molecule has 5 heteroatoms. The van der Waals surface area contributed by atoms with E-state index in [0.29, 0.717) is 12.0 Å². The molecule has 1 saturated carbocycles. The lowest BCUT2D eigenvalue weighted by molar-refractivity contribution is -0.133. The summed E-state index contributed by atoms with van der Waals surface area (Å²) in [4.78, 5) is 39.1. The van der Waals surface area contributed by atoms with E-state index in [0.717, 1.165) is 29.7 Å². The van der Waals surface area contributed by atoms with Crippen LogP contribution in [-0.2, 0) is 10.2 Å². The molecule has 0 aromatic heterocycles. The van der Waals surface area contributed by atoms with Crippen LogP contribution in [0.1, 0.15) is 69.3 Å². The van der Waals surface area contributed by atoms with Crippen molar-refractivity contribution < 1.29 is 14.4 Å². The minimum absolute atomic E-state index is 0.00981. The van der Waals surface area contributed by atoms with E-state index in [2.05, 4.69) is 26.1 Å². The van der Waals surface area contributed by atoms with Gasteiger partial charge in [0, 0.05) is 5.56 Å². The first-order valence-electron chi connectivity index (χ1n) is 9.43. The van der Waals surface area contributed by atoms with Gasteiger partial charge < -0.3 is 5.32 Å². The fourth-order valence-corrected chi connectivity index (χ4v) is 4.03. The average molecular weight is 356 g/mol. The van der Waals surface area contributed by atoms with Gasteiger partial charge in [0.25, 0.3) is 5.91 Å². The van der Waals surface area contributed by atoms with E-state index in [1.807, 2.05) is 19.1 Å². The zero-order chi connectivity index (χ0) is 19.1. The minimum atomic E-state index is -0.814. The molecule has 1 spiro atoms. The number of rotatable bonds is 3. The maximum Gasteiger partial charge on any atom is 0.325 e. The van der Waals surface area contributed by atoms with Crippen molar-refractivity contribution in [1.29, 1.82) is 0 Å². The molecule has 3 rings (SSSR count). The molecule has 1 aromatic rings. The molecule has 26 heavy (non-hydrogen) atoms. The van der Waals surface area contributed by atoms with Gasteiger partial charge in [-0.2, -0.15) is 0 Å². The first-order chi connectivity index (χ1) is 12.1. The monoisotopic (exact) mass is 356 g/mol. The first kappa shape index (κ1) is 18.6. The number of benzene rings is 1. The molecule has 0 bridgehead atoms. The Kier molecular flexibility index (Phi) is 4.67. The highest BCUT2D eigenvalue weighted by Crippen LogP contribution is 2.38. The van der Waals surface area contributed by atoms with Crippen LogP contribution in [0.3, 0.4) is 0 Å². The molecule has 1 heterocycles. The van der Waals surface area contributed by atoms with Gasteiger partial charge in [-0.3, -0.25) is 14.5 Å². The van der Waals surface area contributed by atoms with Crippen LogP contribution in [-0.4, -0.2) is 34.7 Å². The highest BCUT2D eigenvalue weighted by atomic mass is 16.2. The van der Waals surface area contributed by atoms with Crippen LogP contribution in [0.2, 0.25) is 0 Å². The molecule has 0 radical (unpaired) electrons. The molecule has 0 unspecified atom stereocenters. The summed E-state index contributed by atoms with van der Waals surface area (Å²) in [7, 11) is 0. The maximum absolute atomic E-state index is 12.9. The minimum Gasteiger partial charge on any atom is -0.323 e. The van der Waals surface area contributed by atoms with Crippen molar-refractivity contribution >= 4 is 17.7 Å². The van der Waals surface area contributed by atoms with Crippen LogP contribution in [0.15, 0.2) is 24.3 Å². The lowest BCUT2D eigenvalue weighted by Crippen LogP contribution is -2.54. The standard InChI is InChI=1S/C21H28N2O3/c1-14-7-5-6-12-21(14)18(25)23(19(26)22-21)13-17(24)15-8-10-16(11-9-15)20(2,3)4/h8-11,14H,5-7,12-13H2,1-4H3,(H,22,26)/t14-,21+/m1/s1. The van der Waals surface area contributed by atoms with Gasteiger partial charge in [-0.25, -0.2) is 4.79 Å². The Morgan fingerprint density at radius 2 is 1.85 bits per heavy atom. The Morgan fingerprint density at radius 3 is 2.42 bits per heavy atom. The lowest BCUT2D eigenvalue weighted by Gasteiger charge is -2.36. The molecule has 1 saturated heterocycles. The van der Waals surface area contributed by atoms with E-state index in [9.17, 15) is 14.4 Å². The second-order valence-corrected chi connectivity index (χ2v) is 8.69. The number of urea groups is 1. The van der Waals surface area contributed by atoms with E-state index in [1.54, 1.807) is 12.1 Å². The highest BCUT2D eigenvalue weighted by molar-refractivity contribution is 6.11. The van der Waals surface area contributed by atoms with Crippen molar-refractivity contribution in [3.05, 3.63) is 35.4 Å². The molecule has 1 aliphatic heterocycles. The quantitative estimate of drug-likeness (QED) is 0.664. The van der Waals surface area contributed by atoms with E-state index < -0.39 is 11.6 Å². The molecule has 5 nitrogen and oxygen atoms in total. The molecular formula is C21H28N2O3. The Balaban J connectivity index is 1.75. The van der Waals surface area contributed by atoms with E-state index in [4.69, 9.17) is 0 Å². The van der Waals surface area contributed by atoms with E-state index in [-0.39, 0.29) is 29.6 Å².